The molecule has 0 aliphatic rings. The Bertz CT molecular complexity index is 544. The highest BCUT2D eigenvalue weighted by Gasteiger charge is 2.25. The molecule has 0 fully saturated rings. The quantitative estimate of drug-likeness (QED) is 0.771. The zero-order valence-corrected chi connectivity index (χ0v) is 12.0. The molecule has 0 aromatic heterocycles. The van der Waals surface area contributed by atoms with Crippen molar-refractivity contribution in [3.05, 3.63) is 24.3 Å². The lowest BCUT2D eigenvalue weighted by Crippen LogP contribution is -2.30. The average molecular weight is 294 g/mol. The van der Waals surface area contributed by atoms with Crippen molar-refractivity contribution in [2.45, 2.75) is 13.8 Å². The Morgan fingerprint density at radius 2 is 1.67 bits per heavy atom. The fraction of sp³-hybridized carbons (Fsp3) is 0.357. The summed E-state index contributed by atoms with van der Waals surface area (Å²) >= 11 is 0. The maximum Gasteiger partial charge on any atom is 0.411 e. The van der Waals surface area contributed by atoms with E-state index in [2.05, 4.69) is 15.4 Å². The molecular weight excluding hydrogens is 276 g/mol. The van der Waals surface area contributed by atoms with Gasteiger partial charge in [0.25, 0.3) is 0 Å². The SMILES string of the molecule is COC(=O)Nc1cccc(NC(=O)C(C)C(C)C(=O)O)c1. The molecule has 0 saturated carbocycles. The van der Waals surface area contributed by atoms with E-state index in [1.54, 1.807) is 31.2 Å². The number of carboxylic acids is 1. The van der Waals surface area contributed by atoms with E-state index in [1.807, 2.05) is 0 Å². The molecule has 0 radical (unpaired) electrons. The molecule has 0 saturated heterocycles. The second-order valence-electron chi connectivity index (χ2n) is 4.60. The lowest BCUT2D eigenvalue weighted by atomic mass is 9.95. The standard InChI is InChI=1S/C14H18N2O5/c1-8(9(2)13(18)19)12(17)15-10-5-4-6-11(7-10)16-14(20)21-3/h4-9H,1-3H3,(H,15,17)(H,16,20)(H,18,19). The fourth-order valence-corrected chi connectivity index (χ4v) is 1.54. The topological polar surface area (TPSA) is 105 Å². The Kier molecular flexibility index (Phi) is 5.71. The molecule has 1 aromatic carbocycles. The number of carboxylic acid groups (broad SMARTS) is 1. The van der Waals surface area contributed by atoms with Gasteiger partial charge in [0, 0.05) is 17.3 Å². The Labute approximate surface area is 122 Å². The molecule has 0 aliphatic heterocycles. The summed E-state index contributed by atoms with van der Waals surface area (Å²) in [6.45, 7) is 3.02. The number of carbonyl (C=O) groups excluding carboxylic acids is 2. The zero-order chi connectivity index (χ0) is 16.0. The van der Waals surface area contributed by atoms with E-state index in [0.717, 1.165) is 0 Å². The van der Waals surface area contributed by atoms with E-state index in [-0.39, 0.29) is 0 Å². The number of carbonyl (C=O) groups is 3. The highest BCUT2D eigenvalue weighted by Crippen LogP contribution is 2.18. The Morgan fingerprint density at radius 3 is 2.19 bits per heavy atom. The Hall–Kier alpha value is -2.57. The van der Waals surface area contributed by atoms with E-state index in [1.165, 1.54) is 14.0 Å². The largest absolute Gasteiger partial charge is 0.481 e. The van der Waals surface area contributed by atoms with Gasteiger partial charge in [-0.25, -0.2) is 4.79 Å². The van der Waals surface area contributed by atoms with Gasteiger partial charge in [-0.2, -0.15) is 0 Å². The molecule has 0 spiro atoms. The lowest BCUT2D eigenvalue weighted by Gasteiger charge is -2.16. The normalized spacial score (nSPS) is 12.9. The predicted octanol–water partition coefficient (Wildman–Crippen LogP) is 2.16. The van der Waals surface area contributed by atoms with Crippen LogP contribution in [-0.2, 0) is 14.3 Å². The summed E-state index contributed by atoms with van der Waals surface area (Å²) in [6.07, 6.45) is -0.619. The van der Waals surface area contributed by atoms with Gasteiger partial charge in [0.2, 0.25) is 5.91 Å². The molecule has 114 valence electrons. The van der Waals surface area contributed by atoms with Crippen molar-refractivity contribution in [1.82, 2.24) is 0 Å². The smallest absolute Gasteiger partial charge is 0.411 e. The number of hydrogen-bond donors (Lipinski definition) is 3. The fourth-order valence-electron chi connectivity index (χ4n) is 1.54. The average Bonchev–Trinajstić information content (AvgIpc) is 2.45. The third-order valence-electron chi connectivity index (χ3n) is 3.11. The number of methoxy groups -OCH3 is 1. The highest BCUT2D eigenvalue weighted by atomic mass is 16.5. The maximum absolute atomic E-state index is 12.0. The summed E-state index contributed by atoms with van der Waals surface area (Å²) in [5.41, 5.74) is 0.914. The second-order valence-corrected chi connectivity index (χ2v) is 4.60. The molecule has 21 heavy (non-hydrogen) atoms. The molecule has 0 aliphatic carbocycles. The molecule has 2 amide bonds. The monoisotopic (exact) mass is 294 g/mol. The maximum atomic E-state index is 12.0. The number of hydrogen-bond acceptors (Lipinski definition) is 4. The molecule has 1 aromatic rings. The minimum atomic E-state index is -1.03. The highest BCUT2D eigenvalue weighted by molar-refractivity contribution is 5.95. The van der Waals surface area contributed by atoms with E-state index in [0.29, 0.717) is 11.4 Å². The van der Waals surface area contributed by atoms with Crippen LogP contribution in [0.3, 0.4) is 0 Å². The van der Waals surface area contributed by atoms with E-state index in [4.69, 9.17) is 5.11 Å². The summed E-state index contributed by atoms with van der Waals surface area (Å²) < 4.78 is 4.47. The number of aliphatic carboxylic acids is 1. The van der Waals surface area contributed by atoms with Crippen LogP contribution in [0.1, 0.15) is 13.8 Å². The van der Waals surface area contributed by atoms with Gasteiger partial charge in [0.15, 0.2) is 0 Å². The molecule has 7 heteroatoms. The molecule has 2 atom stereocenters. The van der Waals surface area contributed by atoms with E-state index < -0.39 is 29.8 Å². The van der Waals surface area contributed by atoms with Crippen LogP contribution in [0.25, 0.3) is 0 Å². The summed E-state index contributed by atoms with van der Waals surface area (Å²) in [4.78, 5) is 33.9. The number of benzene rings is 1. The summed E-state index contributed by atoms with van der Waals surface area (Å²) in [5.74, 6) is -2.90. The lowest BCUT2D eigenvalue weighted by molar-refractivity contribution is -0.145. The number of amides is 2. The van der Waals surface area contributed by atoms with Crippen LogP contribution >= 0.6 is 0 Å². The van der Waals surface area contributed by atoms with Crippen LogP contribution < -0.4 is 10.6 Å². The number of rotatable bonds is 5. The van der Waals surface area contributed by atoms with Crippen LogP contribution in [0.2, 0.25) is 0 Å². The molecular formula is C14H18N2O5. The summed E-state index contributed by atoms with van der Waals surface area (Å²) in [6, 6.07) is 6.47. The summed E-state index contributed by atoms with van der Waals surface area (Å²) in [5, 5.41) is 14.0. The van der Waals surface area contributed by atoms with Crippen molar-refractivity contribution in [2.75, 3.05) is 17.7 Å². The van der Waals surface area contributed by atoms with E-state index in [9.17, 15) is 14.4 Å². The van der Waals surface area contributed by atoms with Crippen molar-refractivity contribution in [1.29, 1.82) is 0 Å². The zero-order valence-electron chi connectivity index (χ0n) is 12.0. The third-order valence-corrected chi connectivity index (χ3v) is 3.11. The first-order valence-corrected chi connectivity index (χ1v) is 6.34. The van der Waals surface area contributed by atoms with Crippen molar-refractivity contribution in [3.63, 3.8) is 0 Å². The molecule has 0 bridgehead atoms. The van der Waals surface area contributed by atoms with Gasteiger partial charge in [-0.05, 0) is 18.2 Å². The number of anilines is 2. The predicted molar refractivity (Wildman–Crippen MR) is 77.1 cm³/mol. The van der Waals surface area contributed by atoms with E-state index >= 15 is 0 Å². The van der Waals surface area contributed by atoms with Crippen LogP contribution in [0.4, 0.5) is 16.2 Å². The van der Waals surface area contributed by atoms with Crippen molar-refractivity contribution < 1.29 is 24.2 Å². The second kappa shape index (κ2) is 7.28. The van der Waals surface area contributed by atoms with Gasteiger partial charge in [0.1, 0.15) is 0 Å². The van der Waals surface area contributed by atoms with Crippen LogP contribution in [0.15, 0.2) is 24.3 Å². The Morgan fingerprint density at radius 1 is 1.10 bits per heavy atom. The minimum absolute atomic E-state index is 0.403. The van der Waals surface area contributed by atoms with Crippen molar-refractivity contribution >= 4 is 29.3 Å². The van der Waals surface area contributed by atoms with Gasteiger partial charge in [-0.1, -0.05) is 19.9 Å². The van der Waals surface area contributed by atoms with Gasteiger partial charge in [0.05, 0.1) is 13.0 Å². The van der Waals surface area contributed by atoms with Crippen LogP contribution in [0.5, 0.6) is 0 Å². The van der Waals surface area contributed by atoms with Crippen LogP contribution in [0, 0.1) is 11.8 Å². The first kappa shape index (κ1) is 16.5. The van der Waals surface area contributed by atoms with Crippen molar-refractivity contribution in [2.24, 2.45) is 11.8 Å². The molecule has 3 N–H and O–H groups in total. The molecule has 1 rings (SSSR count). The molecule has 0 heterocycles. The first-order valence-electron chi connectivity index (χ1n) is 6.34. The van der Waals surface area contributed by atoms with Gasteiger partial charge < -0.3 is 15.2 Å². The third kappa shape index (κ3) is 4.79. The first-order chi connectivity index (χ1) is 9.85. The summed E-state index contributed by atoms with van der Waals surface area (Å²) in [7, 11) is 1.25. The minimum Gasteiger partial charge on any atom is -0.481 e. The molecule has 2 unspecified atom stereocenters. The van der Waals surface area contributed by atoms with Crippen molar-refractivity contribution in [3.8, 4) is 0 Å². The molecule has 7 nitrogen and oxygen atoms in total. The number of ether oxygens (including phenoxy) is 1. The van der Waals surface area contributed by atoms with Gasteiger partial charge >= 0.3 is 12.1 Å². The number of nitrogens with one attached hydrogen (secondary N) is 2. The van der Waals surface area contributed by atoms with Gasteiger partial charge in [-0.3, -0.25) is 14.9 Å². The van der Waals surface area contributed by atoms with Gasteiger partial charge in [-0.15, -0.1) is 0 Å². The van der Waals surface area contributed by atoms with Crippen LogP contribution in [-0.4, -0.2) is 30.2 Å². The Balaban J connectivity index is 2.74.